The van der Waals surface area contributed by atoms with Gasteiger partial charge in [-0.2, -0.15) is 0 Å². The van der Waals surface area contributed by atoms with Gasteiger partial charge in [0, 0.05) is 6.42 Å². The van der Waals surface area contributed by atoms with Crippen LogP contribution in [0.5, 0.6) is 0 Å². The van der Waals surface area contributed by atoms with Crippen LogP contribution in [0.25, 0.3) is 0 Å². The maximum atomic E-state index is 12.6. The Bertz CT molecular complexity index is 855. The third kappa shape index (κ3) is 4.78. The molecule has 1 heterocycles. The molecule has 1 aliphatic rings. The van der Waals surface area contributed by atoms with Crippen molar-refractivity contribution >= 4 is 5.91 Å². The van der Waals surface area contributed by atoms with E-state index in [0.29, 0.717) is 36.5 Å². The van der Waals surface area contributed by atoms with Crippen LogP contribution in [-0.2, 0) is 10.4 Å². The van der Waals surface area contributed by atoms with E-state index in [1.807, 2.05) is 0 Å². The highest BCUT2D eigenvalue weighted by Crippen LogP contribution is 2.41. The van der Waals surface area contributed by atoms with Gasteiger partial charge < -0.3 is 10.4 Å². The Kier molecular flexibility index (Phi) is 7.19. The number of hydrogen-bond donors (Lipinski definition) is 2. The van der Waals surface area contributed by atoms with E-state index in [1.165, 1.54) is 22.3 Å². The second-order valence-corrected chi connectivity index (χ2v) is 10.8. The van der Waals surface area contributed by atoms with Crippen LogP contribution in [0.1, 0.15) is 125 Å². The van der Waals surface area contributed by atoms with Crippen molar-refractivity contribution in [3.63, 3.8) is 0 Å². The molecule has 32 heavy (non-hydrogen) atoms. The van der Waals surface area contributed by atoms with Crippen LogP contribution in [0.15, 0.2) is 36.4 Å². The Morgan fingerprint density at radius 2 is 1.06 bits per heavy atom. The molecule has 2 aromatic carbocycles. The number of aliphatic hydroxyl groups is 1. The molecular weight excluding hydrogens is 394 g/mol. The lowest BCUT2D eigenvalue weighted by molar-refractivity contribution is -0.120. The fraction of sp³-hybridized carbons (Fsp3) is 0.552. The predicted molar refractivity (Wildman–Crippen MR) is 133 cm³/mol. The molecule has 174 valence electrons. The van der Waals surface area contributed by atoms with Gasteiger partial charge in [-0.3, -0.25) is 4.79 Å². The normalized spacial score (nSPS) is 17.2. The summed E-state index contributed by atoms with van der Waals surface area (Å²) in [5.41, 5.74) is 5.37. The summed E-state index contributed by atoms with van der Waals surface area (Å²) in [5.74, 6) is 1.42. The van der Waals surface area contributed by atoms with Crippen LogP contribution < -0.4 is 5.32 Å². The van der Waals surface area contributed by atoms with Crippen molar-refractivity contribution in [3.05, 3.63) is 69.8 Å². The largest absolute Gasteiger partial charge is 0.378 e. The first-order chi connectivity index (χ1) is 14.9. The van der Waals surface area contributed by atoms with E-state index >= 15 is 0 Å². The van der Waals surface area contributed by atoms with Crippen LogP contribution in [0, 0.1) is 0 Å². The summed E-state index contributed by atoms with van der Waals surface area (Å²) in [7, 11) is 0. The van der Waals surface area contributed by atoms with Gasteiger partial charge in [-0.1, -0.05) is 91.8 Å². The fourth-order valence-corrected chi connectivity index (χ4v) is 4.62. The molecule has 1 amide bonds. The molecule has 3 rings (SSSR count). The van der Waals surface area contributed by atoms with E-state index < -0.39 is 5.60 Å². The molecule has 1 saturated heterocycles. The smallest absolute Gasteiger partial charge is 0.220 e. The Morgan fingerprint density at radius 1 is 0.719 bits per heavy atom. The Labute approximate surface area is 194 Å². The highest BCUT2D eigenvalue weighted by molar-refractivity contribution is 5.79. The SMILES string of the molecule is CC(C)c1cc(C(C)C)cc(C(O)(c2cc(C(C)C)cc(C(C)C)c2)[C@@H]2CCC(=O)N2)c1. The number of rotatable bonds is 7. The zero-order valence-electron chi connectivity index (χ0n) is 21.1. The molecule has 3 heteroatoms. The summed E-state index contributed by atoms with van der Waals surface area (Å²) in [6.07, 6.45) is 1.08. The van der Waals surface area contributed by atoms with Crippen molar-refractivity contribution in [3.8, 4) is 0 Å². The zero-order valence-corrected chi connectivity index (χ0v) is 21.1. The molecule has 1 aliphatic heterocycles. The van der Waals surface area contributed by atoms with Gasteiger partial charge in [0.1, 0.15) is 5.60 Å². The molecule has 1 atom stereocenters. The number of carbonyl (C=O) groups is 1. The van der Waals surface area contributed by atoms with E-state index in [0.717, 1.165) is 11.1 Å². The van der Waals surface area contributed by atoms with Gasteiger partial charge >= 0.3 is 0 Å². The van der Waals surface area contributed by atoms with Crippen LogP contribution in [0.4, 0.5) is 0 Å². The number of benzene rings is 2. The van der Waals surface area contributed by atoms with E-state index in [2.05, 4.69) is 97.1 Å². The summed E-state index contributed by atoms with van der Waals surface area (Å²) in [6.45, 7) is 17.5. The lowest BCUT2D eigenvalue weighted by Gasteiger charge is -2.37. The van der Waals surface area contributed by atoms with E-state index in [9.17, 15) is 9.90 Å². The number of carbonyl (C=O) groups excluding carboxylic acids is 1. The molecule has 0 aromatic heterocycles. The van der Waals surface area contributed by atoms with E-state index in [4.69, 9.17) is 0 Å². The van der Waals surface area contributed by atoms with Crippen LogP contribution in [0.2, 0.25) is 0 Å². The van der Waals surface area contributed by atoms with Gasteiger partial charge in [-0.25, -0.2) is 0 Å². The summed E-state index contributed by atoms with van der Waals surface area (Å²) in [6, 6.07) is 12.8. The minimum atomic E-state index is -1.28. The first-order valence-electron chi connectivity index (χ1n) is 12.3. The summed E-state index contributed by atoms with van der Waals surface area (Å²) in [4.78, 5) is 12.2. The van der Waals surface area contributed by atoms with Crippen LogP contribution in [0.3, 0.4) is 0 Å². The molecule has 3 nitrogen and oxygen atoms in total. The zero-order chi connectivity index (χ0) is 23.8. The summed E-state index contributed by atoms with van der Waals surface area (Å²) < 4.78 is 0. The monoisotopic (exact) mass is 435 g/mol. The number of nitrogens with one attached hydrogen (secondary N) is 1. The Morgan fingerprint density at radius 3 is 1.31 bits per heavy atom. The lowest BCUT2D eigenvalue weighted by Crippen LogP contribution is -2.47. The third-order valence-electron chi connectivity index (χ3n) is 7.00. The average molecular weight is 436 g/mol. The van der Waals surface area contributed by atoms with Gasteiger partial charge in [0.15, 0.2) is 0 Å². The molecule has 0 unspecified atom stereocenters. The van der Waals surface area contributed by atoms with Crippen molar-refractivity contribution in [2.45, 2.75) is 104 Å². The lowest BCUT2D eigenvalue weighted by atomic mass is 9.75. The molecular formula is C29H41NO2. The molecule has 0 spiro atoms. The average Bonchev–Trinajstić information content (AvgIpc) is 3.18. The van der Waals surface area contributed by atoms with Crippen molar-refractivity contribution in [1.29, 1.82) is 0 Å². The molecule has 0 bridgehead atoms. The van der Waals surface area contributed by atoms with Crippen molar-refractivity contribution in [2.24, 2.45) is 0 Å². The predicted octanol–water partition coefficient (Wildman–Crippen LogP) is 6.69. The van der Waals surface area contributed by atoms with Crippen LogP contribution in [-0.4, -0.2) is 17.1 Å². The molecule has 2 N–H and O–H groups in total. The standard InChI is InChI=1S/C29H41NO2/c1-17(2)21-11-22(18(3)4)14-25(13-21)29(32,27-9-10-28(31)30-27)26-15-23(19(5)6)12-24(16-26)20(7)8/h11-20,27,32H,9-10H2,1-8H3,(H,30,31)/t27-/m0/s1. The molecule has 0 radical (unpaired) electrons. The summed E-state index contributed by atoms with van der Waals surface area (Å²) >= 11 is 0. The minimum absolute atomic E-state index is 0.0154. The summed E-state index contributed by atoms with van der Waals surface area (Å²) in [5, 5.41) is 15.7. The second-order valence-electron chi connectivity index (χ2n) is 10.8. The minimum Gasteiger partial charge on any atom is -0.378 e. The molecule has 0 aliphatic carbocycles. The topological polar surface area (TPSA) is 49.3 Å². The first kappa shape index (κ1) is 24.5. The van der Waals surface area contributed by atoms with Gasteiger partial charge in [0.2, 0.25) is 5.91 Å². The van der Waals surface area contributed by atoms with Gasteiger partial charge in [0.05, 0.1) is 6.04 Å². The van der Waals surface area contributed by atoms with E-state index in [1.54, 1.807) is 0 Å². The van der Waals surface area contributed by atoms with Gasteiger partial charge in [-0.05, 0) is 63.5 Å². The third-order valence-corrected chi connectivity index (χ3v) is 7.00. The highest BCUT2D eigenvalue weighted by Gasteiger charge is 2.44. The maximum absolute atomic E-state index is 12.6. The second kappa shape index (κ2) is 9.39. The van der Waals surface area contributed by atoms with E-state index in [-0.39, 0.29) is 11.9 Å². The quantitative estimate of drug-likeness (QED) is 0.509. The maximum Gasteiger partial charge on any atom is 0.220 e. The Balaban J connectivity index is 2.32. The number of hydrogen-bond acceptors (Lipinski definition) is 2. The Hall–Kier alpha value is -2.13. The van der Waals surface area contributed by atoms with Crippen molar-refractivity contribution in [1.82, 2.24) is 5.32 Å². The fourth-order valence-electron chi connectivity index (χ4n) is 4.62. The molecule has 2 aromatic rings. The highest BCUT2D eigenvalue weighted by atomic mass is 16.3. The van der Waals surface area contributed by atoms with Gasteiger partial charge in [-0.15, -0.1) is 0 Å². The first-order valence-corrected chi connectivity index (χ1v) is 12.3. The number of amides is 1. The van der Waals surface area contributed by atoms with Gasteiger partial charge in [0.25, 0.3) is 0 Å². The van der Waals surface area contributed by atoms with Crippen molar-refractivity contribution in [2.75, 3.05) is 0 Å². The van der Waals surface area contributed by atoms with Crippen LogP contribution >= 0.6 is 0 Å². The molecule has 0 saturated carbocycles. The van der Waals surface area contributed by atoms with Crippen molar-refractivity contribution < 1.29 is 9.90 Å². The molecule has 1 fully saturated rings.